The van der Waals surface area contributed by atoms with Gasteiger partial charge in [0.05, 0.1) is 0 Å². The quantitative estimate of drug-likeness (QED) is 0.577. The minimum absolute atomic E-state index is 0. The van der Waals surface area contributed by atoms with Crippen LogP contribution in [0.3, 0.4) is 0 Å². The van der Waals surface area contributed by atoms with E-state index in [0.29, 0.717) is 0 Å². The van der Waals surface area contributed by atoms with Crippen LogP contribution in [0.4, 0.5) is 0 Å². The average molecular weight is 190 g/mol. The van der Waals surface area contributed by atoms with Gasteiger partial charge in [-0.2, -0.15) is 0 Å². The van der Waals surface area contributed by atoms with Gasteiger partial charge in [-0.25, -0.2) is 0 Å². The Hall–Kier alpha value is -1.16. The van der Waals surface area contributed by atoms with Crippen LogP contribution in [0, 0.1) is 0 Å². The van der Waals surface area contributed by atoms with Crippen LogP contribution in [-0.2, 0) is 6.42 Å². The van der Waals surface area contributed by atoms with E-state index in [0.717, 1.165) is 12.0 Å². The van der Waals surface area contributed by atoms with E-state index in [1.165, 1.54) is 5.56 Å². The van der Waals surface area contributed by atoms with Crippen molar-refractivity contribution >= 4 is 0 Å². The summed E-state index contributed by atoms with van der Waals surface area (Å²) in [4.78, 5) is 0. The molecule has 0 unspecified atom stereocenters. The second-order valence-corrected chi connectivity index (χ2v) is 3.27. The average Bonchev–Trinajstić information content (AvgIpc) is 2.23. The summed E-state index contributed by atoms with van der Waals surface area (Å²) in [5.74, 6) is 0.122. The number of hydrogen-bond donors (Lipinski definition) is 0. The first kappa shape index (κ1) is 11.9. The van der Waals surface area contributed by atoms with Gasteiger partial charge < -0.3 is 5.11 Å². The molecule has 2 heteroatoms. The van der Waals surface area contributed by atoms with Gasteiger partial charge in [0, 0.05) is 0 Å². The molecule has 2 aromatic rings. The zero-order valence-electron chi connectivity index (χ0n) is 8.81. The Balaban J connectivity index is 0.00000112. The van der Waals surface area contributed by atoms with Crippen molar-refractivity contribution in [2.24, 2.45) is 0 Å². The van der Waals surface area contributed by atoms with Gasteiger partial charge in [0.25, 0.3) is 0 Å². The fourth-order valence-electron chi connectivity index (χ4n) is 1.47. The predicted molar refractivity (Wildman–Crippen MR) is 55.1 cm³/mol. The minimum Gasteiger partial charge on any atom is -0.872 e. The van der Waals surface area contributed by atoms with Gasteiger partial charge in [0.15, 0.2) is 0 Å². The largest absolute Gasteiger partial charge is 1.00 e. The molecule has 0 heterocycles. The zero-order chi connectivity index (χ0) is 9.80. The fourth-order valence-corrected chi connectivity index (χ4v) is 1.47. The van der Waals surface area contributed by atoms with E-state index >= 15 is 0 Å². The Morgan fingerprint density at radius 3 is 2.07 bits per heavy atom. The van der Waals surface area contributed by atoms with Gasteiger partial charge in [0.2, 0.25) is 0 Å². The summed E-state index contributed by atoms with van der Waals surface area (Å²) in [6.45, 7) is 0. The van der Waals surface area contributed by atoms with Crippen LogP contribution in [0.15, 0.2) is 54.6 Å². The van der Waals surface area contributed by atoms with Crippen LogP contribution in [0.1, 0.15) is 11.1 Å². The summed E-state index contributed by atoms with van der Waals surface area (Å²) in [6, 6.07) is 17.2. The summed E-state index contributed by atoms with van der Waals surface area (Å²) < 4.78 is 0. The van der Waals surface area contributed by atoms with E-state index in [1.54, 1.807) is 12.1 Å². The van der Waals surface area contributed by atoms with E-state index in [1.807, 2.05) is 42.5 Å². The van der Waals surface area contributed by atoms with Crippen molar-refractivity contribution in [1.82, 2.24) is 0 Å². The standard InChI is InChI=1S/C13H12O.Li/c14-13-9-5-4-8-12(13)10-11-6-2-1-3-7-11;/h1-9,14H,10H2;/q;+1/p-1. The molecule has 0 aliphatic rings. The van der Waals surface area contributed by atoms with E-state index in [9.17, 15) is 5.11 Å². The van der Waals surface area contributed by atoms with E-state index in [4.69, 9.17) is 0 Å². The smallest absolute Gasteiger partial charge is 0.872 e. The second kappa shape index (κ2) is 5.65. The monoisotopic (exact) mass is 190 g/mol. The van der Waals surface area contributed by atoms with Crippen molar-refractivity contribution in [3.05, 3.63) is 65.7 Å². The summed E-state index contributed by atoms with van der Waals surface area (Å²) in [7, 11) is 0. The second-order valence-electron chi connectivity index (χ2n) is 3.27. The molecule has 0 amide bonds. The zero-order valence-corrected chi connectivity index (χ0v) is 8.81. The van der Waals surface area contributed by atoms with Crippen LogP contribution < -0.4 is 24.0 Å². The van der Waals surface area contributed by atoms with Gasteiger partial charge in [-0.3, -0.25) is 0 Å². The van der Waals surface area contributed by atoms with Gasteiger partial charge >= 0.3 is 18.9 Å². The maximum atomic E-state index is 11.4. The molecule has 0 aliphatic carbocycles. The molecule has 2 rings (SSSR count). The van der Waals surface area contributed by atoms with E-state index < -0.39 is 0 Å². The molecule has 0 spiro atoms. The van der Waals surface area contributed by atoms with Gasteiger partial charge in [-0.15, -0.1) is 5.75 Å². The third-order valence-electron chi connectivity index (χ3n) is 2.21. The van der Waals surface area contributed by atoms with Crippen LogP contribution >= 0.6 is 0 Å². The number of rotatable bonds is 2. The Bertz CT molecular complexity index is 412. The van der Waals surface area contributed by atoms with Crippen LogP contribution in [0.25, 0.3) is 0 Å². The molecular formula is C13H11LiO. The van der Waals surface area contributed by atoms with Gasteiger partial charge in [-0.1, -0.05) is 60.2 Å². The first-order valence-corrected chi connectivity index (χ1v) is 4.65. The van der Waals surface area contributed by atoms with E-state index in [2.05, 4.69) is 0 Å². The van der Waals surface area contributed by atoms with Crippen LogP contribution in [-0.4, -0.2) is 0 Å². The van der Waals surface area contributed by atoms with Crippen molar-refractivity contribution < 1.29 is 24.0 Å². The number of hydrogen-bond acceptors (Lipinski definition) is 1. The first-order chi connectivity index (χ1) is 6.86. The molecule has 15 heavy (non-hydrogen) atoms. The van der Waals surface area contributed by atoms with Crippen molar-refractivity contribution in [3.8, 4) is 5.75 Å². The molecule has 0 bridgehead atoms. The van der Waals surface area contributed by atoms with Crippen molar-refractivity contribution in [2.45, 2.75) is 6.42 Å². The molecule has 0 aromatic heterocycles. The molecule has 0 fully saturated rings. The summed E-state index contributed by atoms with van der Waals surface area (Å²) >= 11 is 0. The Labute approximate surface area is 102 Å². The third kappa shape index (κ3) is 3.16. The molecule has 2 aromatic carbocycles. The Morgan fingerprint density at radius 1 is 0.800 bits per heavy atom. The normalized spacial score (nSPS) is 9.33. The predicted octanol–water partition coefficient (Wildman–Crippen LogP) is -0.645. The summed E-state index contributed by atoms with van der Waals surface area (Å²) in [5, 5.41) is 11.4. The maximum Gasteiger partial charge on any atom is 1.00 e. The molecule has 1 nitrogen and oxygen atoms in total. The molecule has 0 N–H and O–H groups in total. The molecule has 0 atom stereocenters. The first-order valence-electron chi connectivity index (χ1n) is 4.65. The van der Waals surface area contributed by atoms with E-state index in [-0.39, 0.29) is 24.6 Å². The minimum atomic E-state index is 0. The third-order valence-corrected chi connectivity index (χ3v) is 2.21. The fraction of sp³-hybridized carbons (Fsp3) is 0.0769. The van der Waals surface area contributed by atoms with Crippen molar-refractivity contribution in [3.63, 3.8) is 0 Å². The van der Waals surface area contributed by atoms with Crippen molar-refractivity contribution in [2.75, 3.05) is 0 Å². The van der Waals surface area contributed by atoms with Crippen LogP contribution in [0.5, 0.6) is 5.75 Å². The molecule has 0 saturated carbocycles. The Kier molecular flexibility index (Phi) is 4.49. The molecule has 0 radical (unpaired) electrons. The molecule has 0 saturated heterocycles. The summed E-state index contributed by atoms with van der Waals surface area (Å²) in [5.41, 5.74) is 2.04. The van der Waals surface area contributed by atoms with Gasteiger partial charge in [0.1, 0.15) is 0 Å². The number of benzene rings is 2. The summed E-state index contributed by atoms with van der Waals surface area (Å²) in [6.07, 6.45) is 0.723. The van der Waals surface area contributed by atoms with Crippen LogP contribution in [0.2, 0.25) is 0 Å². The molecule has 0 aliphatic heterocycles. The SMILES string of the molecule is [Li+].[O-]c1ccccc1Cc1ccccc1. The maximum absolute atomic E-state index is 11.4. The topological polar surface area (TPSA) is 23.1 Å². The Morgan fingerprint density at radius 2 is 1.40 bits per heavy atom. The van der Waals surface area contributed by atoms with Crippen molar-refractivity contribution in [1.29, 1.82) is 0 Å². The molecule has 70 valence electrons. The van der Waals surface area contributed by atoms with Gasteiger partial charge in [-0.05, 0) is 12.0 Å². The molecular weight excluding hydrogens is 179 g/mol. The number of para-hydroxylation sites is 1.